The molecule has 6 rings (SSSR count). The van der Waals surface area contributed by atoms with Crippen LogP contribution in [-0.4, -0.2) is 56.0 Å². The molecular weight excluding hydrogens is 558 g/mol. The van der Waals surface area contributed by atoms with Crippen molar-refractivity contribution in [2.75, 3.05) is 19.6 Å². The van der Waals surface area contributed by atoms with Gasteiger partial charge in [0.1, 0.15) is 0 Å². The first-order valence-electron chi connectivity index (χ1n) is 15.0. The summed E-state index contributed by atoms with van der Waals surface area (Å²) in [5.41, 5.74) is 6.17. The summed E-state index contributed by atoms with van der Waals surface area (Å²) in [4.78, 5) is 16.0. The van der Waals surface area contributed by atoms with E-state index in [0.29, 0.717) is 18.7 Å². The van der Waals surface area contributed by atoms with Gasteiger partial charge in [-0.15, -0.1) is 0 Å². The molecular formula is C35H36F2N6O. The van der Waals surface area contributed by atoms with Crippen LogP contribution in [0.3, 0.4) is 0 Å². The van der Waals surface area contributed by atoms with E-state index < -0.39 is 11.6 Å². The fraction of sp³-hybridized carbons (Fsp3) is 0.286. The number of carbonyl (C=O) groups is 1. The minimum absolute atomic E-state index is 0.114. The highest BCUT2D eigenvalue weighted by Gasteiger charge is 2.35. The van der Waals surface area contributed by atoms with Crippen LogP contribution in [-0.2, 0) is 24.7 Å². The second-order valence-corrected chi connectivity index (χ2v) is 11.5. The first-order chi connectivity index (χ1) is 21.4. The molecule has 1 amide bonds. The third kappa shape index (κ3) is 6.48. The third-order valence-corrected chi connectivity index (χ3v) is 8.45. The lowest BCUT2D eigenvalue weighted by atomic mass is 9.94. The molecule has 0 saturated carbocycles. The van der Waals surface area contributed by atoms with Gasteiger partial charge in [0.05, 0.1) is 29.7 Å². The van der Waals surface area contributed by atoms with Gasteiger partial charge in [0, 0.05) is 43.9 Å². The van der Waals surface area contributed by atoms with Crippen molar-refractivity contribution >= 4 is 5.91 Å². The van der Waals surface area contributed by atoms with Crippen molar-refractivity contribution < 1.29 is 13.6 Å². The molecule has 0 unspecified atom stereocenters. The van der Waals surface area contributed by atoms with E-state index in [1.54, 1.807) is 16.9 Å². The van der Waals surface area contributed by atoms with Gasteiger partial charge in [-0.25, -0.2) is 13.5 Å². The quantitative estimate of drug-likeness (QED) is 0.228. The van der Waals surface area contributed by atoms with Crippen LogP contribution < -0.4 is 5.32 Å². The lowest BCUT2D eigenvalue weighted by molar-refractivity contribution is -0.121. The molecule has 1 fully saturated rings. The van der Waals surface area contributed by atoms with E-state index >= 15 is 0 Å². The Morgan fingerprint density at radius 1 is 0.977 bits per heavy atom. The number of carbonyl (C=O) groups excluding carboxylic acids is 1. The number of aromatic nitrogens is 4. The Labute approximate surface area is 256 Å². The molecule has 226 valence electrons. The molecule has 0 bridgehead atoms. The van der Waals surface area contributed by atoms with Crippen molar-refractivity contribution in [1.82, 2.24) is 29.8 Å². The fourth-order valence-corrected chi connectivity index (χ4v) is 6.20. The Kier molecular flexibility index (Phi) is 8.65. The number of nitrogens with zero attached hydrogens (tertiary/aromatic N) is 5. The second-order valence-electron chi connectivity index (χ2n) is 11.5. The Balaban J connectivity index is 1.22. The number of benzene rings is 3. The Morgan fingerprint density at radius 2 is 1.73 bits per heavy atom. The average Bonchev–Trinajstić information content (AvgIpc) is 3.73. The minimum Gasteiger partial charge on any atom is -0.351 e. The summed E-state index contributed by atoms with van der Waals surface area (Å²) < 4.78 is 31.7. The lowest BCUT2D eigenvalue weighted by Gasteiger charge is -2.21. The molecule has 1 N–H and O–H groups in total. The maximum Gasteiger partial charge on any atom is 0.226 e. The highest BCUT2D eigenvalue weighted by atomic mass is 19.2. The normalized spacial score (nSPS) is 16.8. The van der Waals surface area contributed by atoms with Crippen LogP contribution in [0.25, 0.3) is 16.9 Å². The van der Waals surface area contributed by atoms with E-state index in [2.05, 4.69) is 27.4 Å². The summed E-state index contributed by atoms with van der Waals surface area (Å²) in [7, 11) is 1.86. The summed E-state index contributed by atoms with van der Waals surface area (Å²) in [6, 6.07) is 23.9. The summed E-state index contributed by atoms with van der Waals surface area (Å²) in [5, 5.41) is 12.5. The van der Waals surface area contributed by atoms with E-state index in [1.165, 1.54) is 17.7 Å². The van der Waals surface area contributed by atoms with E-state index in [4.69, 9.17) is 5.10 Å². The molecule has 9 heteroatoms. The fourth-order valence-electron chi connectivity index (χ4n) is 6.20. The van der Waals surface area contributed by atoms with Crippen LogP contribution in [0.1, 0.15) is 34.7 Å². The number of para-hydroxylation sites is 1. The molecule has 0 spiro atoms. The Hall–Kier alpha value is -4.63. The van der Waals surface area contributed by atoms with Crippen molar-refractivity contribution in [2.45, 2.75) is 38.1 Å². The van der Waals surface area contributed by atoms with Crippen LogP contribution in [0.15, 0.2) is 91.3 Å². The van der Waals surface area contributed by atoms with Crippen molar-refractivity contribution in [3.63, 3.8) is 0 Å². The van der Waals surface area contributed by atoms with E-state index in [-0.39, 0.29) is 24.3 Å². The van der Waals surface area contributed by atoms with Crippen molar-refractivity contribution in [1.29, 1.82) is 0 Å². The van der Waals surface area contributed by atoms with Gasteiger partial charge < -0.3 is 10.2 Å². The van der Waals surface area contributed by atoms with Crippen molar-refractivity contribution in [2.24, 2.45) is 7.05 Å². The van der Waals surface area contributed by atoms with Gasteiger partial charge in [-0.05, 0) is 67.3 Å². The number of rotatable bonds is 10. The monoisotopic (exact) mass is 594 g/mol. The highest BCUT2D eigenvalue weighted by molar-refractivity contribution is 5.80. The summed E-state index contributed by atoms with van der Waals surface area (Å²) >= 11 is 0. The van der Waals surface area contributed by atoms with Crippen LogP contribution in [0, 0.1) is 18.6 Å². The van der Waals surface area contributed by atoms with Crippen molar-refractivity contribution in [3.05, 3.63) is 125 Å². The van der Waals surface area contributed by atoms with Gasteiger partial charge in [-0.1, -0.05) is 54.6 Å². The maximum absolute atomic E-state index is 14.3. The SMILES string of the molecule is Cc1c(-c2cnn(C)c2)nn(-c2ccccc2)c1CC(=O)N[C@@H]1CN(CCCc2ccccc2)C[C@H]1c1ccc(F)c(F)c1. The smallest absolute Gasteiger partial charge is 0.226 e. The first kappa shape index (κ1) is 29.4. The molecule has 1 aliphatic heterocycles. The average molecular weight is 595 g/mol. The molecule has 1 saturated heterocycles. The van der Waals surface area contributed by atoms with Gasteiger partial charge in [-0.3, -0.25) is 9.48 Å². The van der Waals surface area contributed by atoms with Gasteiger partial charge in [0.25, 0.3) is 0 Å². The number of amides is 1. The number of hydrogen-bond acceptors (Lipinski definition) is 4. The predicted octanol–water partition coefficient (Wildman–Crippen LogP) is 5.62. The van der Waals surface area contributed by atoms with E-state index in [0.717, 1.165) is 47.6 Å². The van der Waals surface area contributed by atoms with Crippen LogP contribution in [0.5, 0.6) is 0 Å². The van der Waals surface area contributed by atoms with E-state index in [9.17, 15) is 13.6 Å². The molecule has 0 radical (unpaired) electrons. The molecule has 0 aliphatic carbocycles. The number of likely N-dealkylation sites (tertiary alicyclic amines) is 1. The molecule has 2 atom stereocenters. The topological polar surface area (TPSA) is 68.0 Å². The number of hydrogen-bond donors (Lipinski definition) is 1. The van der Waals surface area contributed by atoms with Crippen molar-refractivity contribution in [3.8, 4) is 16.9 Å². The summed E-state index contributed by atoms with van der Waals surface area (Å²) in [6.07, 6.45) is 5.70. The molecule has 44 heavy (non-hydrogen) atoms. The van der Waals surface area contributed by atoms with Gasteiger partial charge in [0.2, 0.25) is 5.91 Å². The van der Waals surface area contributed by atoms with Crippen LogP contribution in [0.4, 0.5) is 8.78 Å². The Morgan fingerprint density at radius 3 is 2.43 bits per heavy atom. The minimum atomic E-state index is -0.875. The third-order valence-electron chi connectivity index (χ3n) is 8.45. The zero-order valence-electron chi connectivity index (χ0n) is 25.0. The van der Waals surface area contributed by atoms with Crippen LogP contribution in [0.2, 0.25) is 0 Å². The highest BCUT2D eigenvalue weighted by Crippen LogP contribution is 2.30. The molecule has 3 heterocycles. The number of halogens is 2. The predicted molar refractivity (Wildman–Crippen MR) is 166 cm³/mol. The van der Waals surface area contributed by atoms with Gasteiger partial charge in [0.15, 0.2) is 11.6 Å². The zero-order chi connectivity index (χ0) is 30.6. The molecule has 3 aromatic carbocycles. The zero-order valence-corrected chi connectivity index (χ0v) is 25.0. The molecule has 1 aliphatic rings. The second kappa shape index (κ2) is 12.9. The lowest BCUT2D eigenvalue weighted by Crippen LogP contribution is -2.41. The number of aryl methyl sites for hydroxylation is 2. The Bertz CT molecular complexity index is 1730. The number of nitrogens with one attached hydrogen (secondary N) is 1. The summed E-state index contributed by atoms with van der Waals surface area (Å²) in [5.74, 6) is -2.06. The molecule has 2 aromatic heterocycles. The molecule has 5 aromatic rings. The largest absolute Gasteiger partial charge is 0.351 e. The van der Waals surface area contributed by atoms with Crippen LogP contribution >= 0.6 is 0 Å². The van der Waals surface area contributed by atoms with Gasteiger partial charge >= 0.3 is 0 Å². The summed E-state index contributed by atoms with van der Waals surface area (Å²) in [6.45, 7) is 4.10. The maximum atomic E-state index is 14.3. The van der Waals surface area contributed by atoms with E-state index in [1.807, 2.05) is 73.4 Å². The standard InChI is InChI=1S/C35H36F2N6O/c1-24-33(43(28-13-7-4-8-14-28)40-35(24)27-20-38-41(2)21-27)19-34(44)39-32-23-42(17-9-12-25-10-5-3-6-11-25)22-29(32)26-15-16-30(36)31(37)18-26/h3-8,10-11,13-16,18,20-21,29,32H,9,12,17,19,22-23H2,1-2H3,(H,39,44)/t29-,32+/m0/s1. The molecule has 7 nitrogen and oxygen atoms in total. The van der Waals surface area contributed by atoms with Gasteiger partial charge in [-0.2, -0.15) is 10.2 Å². The first-order valence-corrected chi connectivity index (χ1v) is 15.0.